The van der Waals surface area contributed by atoms with Crippen molar-refractivity contribution in [2.45, 2.75) is 33.1 Å². The standard InChI is InChI=1S/C13H20BrN3O/c1-9-11(10(2)17(3)16-9)12(18)15-8-13(4-5-13)6-7-14/h4-8H2,1-3H3,(H,15,18). The Labute approximate surface area is 116 Å². The minimum atomic E-state index is 0.0129. The van der Waals surface area contributed by atoms with E-state index in [2.05, 4.69) is 26.3 Å². The summed E-state index contributed by atoms with van der Waals surface area (Å²) in [6, 6.07) is 0. The number of hydrogen-bond acceptors (Lipinski definition) is 2. The number of nitrogens with one attached hydrogen (secondary N) is 1. The van der Waals surface area contributed by atoms with Crippen molar-refractivity contribution in [2.24, 2.45) is 12.5 Å². The molecule has 1 aliphatic rings. The molecule has 0 atom stereocenters. The van der Waals surface area contributed by atoms with Crippen molar-refractivity contribution >= 4 is 21.8 Å². The van der Waals surface area contributed by atoms with Crippen LogP contribution >= 0.6 is 15.9 Å². The summed E-state index contributed by atoms with van der Waals surface area (Å²) in [6.45, 7) is 4.60. The molecule has 1 aromatic rings. The Morgan fingerprint density at radius 1 is 1.50 bits per heavy atom. The van der Waals surface area contributed by atoms with Crippen LogP contribution < -0.4 is 5.32 Å². The van der Waals surface area contributed by atoms with E-state index in [0.717, 1.165) is 35.2 Å². The molecule has 1 heterocycles. The average Bonchev–Trinajstić information content (AvgIpc) is 3.02. The largest absolute Gasteiger partial charge is 0.351 e. The lowest BCUT2D eigenvalue weighted by molar-refractivity contribution is 0.0943. The van der Waals surface area contributed by atoms with Gasteiger partial charge < -0.3 is 5.32 Å². The summed E-state index contributed by atoms with van der Waals surface area (Å²) in [5.41, 5.74) is 2.81. The van der Waals surface area contributed by atoms with Crippen molar-refractivity contribution in [3.63, 3.8) is 0 Å². The molecule has 0 unspecified atom stereocenters. The van der Waals surface area contributed by atoms with Gasteiger partial charge in [-0.1, -0.05) is 15.9 Å². The highest BCUT2D eigenvalue weighted by Gasteiger charge is 2.41. The van der Waals surface area contributed by atoms with Gasteiger partial charge in [-0.3, -0.25) is 9.48 Å². The van der Waals surface area contributed by atoms with Gasteiger partial charge in [-0.15, -0.1) is 0 Å². The first-order chi connectivity index (χ1) is 8.49. The highest BCUT2D eigenvalue weighted by Crippen LogP contribution is 2.48. The molecule has 0 radical (unpaired) electrons. The number of carbonyl (C=O) groups excluding carboxylic acids is 1. The predicted molar refractivity (Wildman–Crippen MR) is 75.1 cm³/mol. The molecule has 1 amide bonds. The maximum absolute atomic E-state index is 12.2. The quantitative estimate of drug-likeness (QED) is 0.848. The molecule has 1 fully saturated rings. The van der Waals surface area contributed by atoms with E-state index in [1.54, 1.807) is 4.68 Å². The summed E-state index contributed by atoms with van der Waals surface area (Å²) in [4.78, 5) is 12.2. The Balaban J connectivity index is 2.00. The van der Waals surface area contributed by atoms with Crippen LogP contribution in [0.5, 0.6) is 0 Å². The summed E-state index contributed by atoms with van der Waals surface area (Å²) in [6.07, 6.45) is 3.59. The fourth-order valence-electron chi connectivity index (χ4n) is 2.35. The van der Waals surface area contributed by atoms with Crippen LogP contribution in [-0.2, 0) is 7.05 Å². The van der Waals surface area contributed by atoms with Gasteiger partial charge in [0.2, 0.25) is 0 Å². The van der Waals surface area contributed by atoms with E-state index in [4.69, 9.17) is 0 Å². The number of carbonyl (C=O) groups is 1. The summed E-state index contributed by atoms with van der Waals surface area (Å²) in [5.74, 6) is 0.0129. The topological polar surface area (TPSA) is 46.9 Å². The molecule has 0 aliphatic heterocycles. The van der Waals surface area contributed by atoms with E-state index < -0.39 is 0 Å². The van der Waals surface area contributed by atoms with Gasteiger partial charge in [0.25, 0.3) is 5.91 Å². The van der Waals surface area contributed by atoms with Crippen molar-refractivity contribution in [1.29, 1.82) is 0 Å². The Bertz CT molecular complexity index is 463. The second kappa shape index (κ2) is 5.03. The van der Waals surface area contributed by atoms with Gasteiger partial charge >= 0.3 is 0 Å². The molecule has 18 heavy (non-hydrogen) atoms. The lowest BCUT2D eigenvalue weighted by atomic mass is 10.0. The van der Waals surface area contributed by atoms with E-state index in [0.29, 0.717) is 5.41 Å². The lowest BCUT2D eigenvalue weighted by Crippen LogP contribution is -2.31. The molecule has 1 aliphatic carbocycles. The Morgan fingerprint density at radius 2 is 2.17 bits per heavy atom. The summed E-state index contributed by atoms with van der Waals surface area (Å²) in [7, 11) is 1.87. The van der Waals surface area contributed by atoms with Gasteiger partial charge in [-0.25, -0.2) is 0 Å². The number of aromatic nitrogens is 2. The van der Waals surface area contributed by atoms with Crippen LogP contribution in [0.25, 0.3) is 0 Å². The van der Waals surface area contributed by atoms with Crippen molar-refractivity contribution in [2.75, 3.05) is 11.9 Å². The van der Waals surface area contributed by atoms with Gasteiger partial charge in [0.1, 0.15) is 0 Å². The van der Waals surface area contributed by atoms with E-state index in [-0.39, 0.29) is 5.91 Å². The van der Waals surface area contributed by atoms with E-state index in [9.17, 15) is 4.79 Å². The van der Waals surface area contributed by atoms with Crippen molar-refractivity contribution < 1.29 is 4.79 Å². The lowest BCUT2D eigenvalue weighted by Gasteiger charge is -2.14. The van der Waals surface area contributed by atoms with Crippen LogP contribution in [0.2, 0.25) is 0 Å². The van der Waals surface area contributed by atoms with Crippen molar-refractivity contribution in [3.05, 3.63) is 17.0 Å². The molecular formula is C13H20BrN3O. The highest BCUT2D eigenvalue weighted by molar-refractivity contribution is 9.09. The molecular weight excluding hydrogens is 294 g/mol. The predicted octanol–water partition coefficient (Wildman–Crippen LogP) is 2.33. The van der Waals surface area contributed by atoms with Crippen LogP contribution in [-0.4, -0.2) is 27.6 Å². The fraction of sp³-hybridized carbons (Fsp3) is 0.692. The summed E-state index contributed by atoms with van der Waals surface area (Å²) in [5, 5.41) is 8.35. The first kappa shape index (κ1) is 13.6. The third kappa shape index (κ3) is 2.60. The molecule has 4 nitrogen and oxygen atoms in total. The zero-order chi connectivity index (χ0) is 13.3. The third-order valence-corrected chi connectivity index (χ3v) is 4.34. The zero-order valence-electron chi connectivity index (χ0n) is 11.2. The maximum Gasteiger partial charge on any atom is 0.255 e. The number of rotatable bonds is 5. The summed E-state index contributed by atoms with van der Waals surface area (Å²) < 4.78 is 1.76. The Morgan fingerprint density at radius 3 is 2.61 bits per heavy atom. The molecule has 0 aromatic carbocycles. The van der Waals surface area contributed by atoms with E-state index in [1.165, 1.54) is 12.8 Å². The van der Waals surface area contributed by atoms with Gasteiger partial charge in [-0.05, 0) is 38.5 Å². The van der Waals surface area contributed by atoms with Crippen molar-refractivity contribution in [3.8, 4) is 0 Å². The molecule has 0 saturated heterocycles. The first-order valence-electron chi connectivity index (χ1n) is 6.33. The molecule has 2 rings (SSSR count). The van der Waals surface area contributed by atoms with E-state index >= 15 is 0 Å². The second-order valence-corrected chi connectivity index (χ2v) is 6.08. The number of alkyl halides is 1. The summed E-state index contributed by atoms with van der Waals surface area (Å²) >= 11 is 3.48. The number of amides is 1. The molecule has 5 heteroatoms. The molecule has 0 bridgehead atoms. The number of hydrogen-bond donors (Lipinski definition) is 1. The number of halogens is 1. The minimum absolute atomic E-state index is 0.0129. The second-order valence-electron chi connectivity index (χ2n) is 5.29. The molecule has 1 saturated carbocycles. The highest BCUT2D eigenvalue weighted by atomic mass is 79.9. The maximum atomic E-state index is 12.2. The smallest absolute Gasteiger partial charge is 0.255 e. The number of aryl methyl sites for hydroxylation is 2. The van der Waals surface area contributed by atoms with E-state index in [1.807, 2.05) is 20.9 Å². The first-order valence-corrected chi connectivity index (χ1v) is 7.46. The van der Waals surface area contributed by atoms with Gasteiger partial charge in [0, 0.05) is 24.6 Å². The zero-order valence-corrected chi connectivity index (χ0v) is 12.8. The normalized spacial score (nSPS) is 16.7. The third-order valence-electron chi connectivity index (χ3n) is 3.94. The van der Waals surface area contributed by atoms with Gasteiger partial charge in [0.15, 0.2) is 0 Å². The Kier molecular flexibility index (Phi) is 3.80. The van der Waals surface area contributed by atoms with Gasteiger partial charge in [0.05, 0.1) is 11.3 Å². The van der Waals surface area contributed by atoms with Crippen LogP contribution in [0.1, 0.15) is 41.0 Å². The monoisotopic (exact) mass is 313 g/mol. The average molecular weight is 314 g/mol. The molecule has 0 spiro atoms. The molecule has 100 valence electrons. The number of nitrogens with zero attached hydrogens (tertiary/aromatic N) is 2. The van der Waals surface area contributed by atoms with Crippen LogP contribution in [0.15, 0.2) is 0 Å². The van der Waals surface area contributed by atoms with Crippen LogP contribution in [0.3, 0.4) is 0 Å². The molecule has 1 aromatic heterocycles. The minimum Gasteiger partial charge on any atom is -0.351 e. The van der Waals surface area contributed by atoms with Gasteiger partial charge in [-0.2, -0.15) is 5.10 Å². The van der Waals surface area contributed by atoms with Crippen molar-refractivity contribution in [1.82, 2.24) is 15.1 Å². The van der Waals surface area contributed by atoms with Crippen LogP contribution in [0.4, 0.5) is 0 Å². The Hall–Kier alpha value is -0.840. The SMILES string of the molecule is Cc1nn(C)c(C)c1C(=O)NCC1(CCBr)CC1. The fourth-order valence-corrected chi connectivity index (χ4v) is 3.19. The van der Waals surface area contributed by atoms with Crippen LogP contribution in [0, 0.1) is 19.3 Å². The molecule has 1 N–H and O–H groups in total.